The smallest absolute Gasteiger partial charge is 0.241 e. The molecule has 0 atom stereocenters. The van der Waals surface area contributed by atoms with E-state index in [4.69, 9.17) is 0 Å². The number of hydrogen-bond donors (Lipinski definition) is 2. The van der Waals surface area contributed by atoms with Gasteiger partial charge < -0.3 is 10.6 Å². The highest BCUT2D eigenvalue weighted by atomic mass is 19.1. The van der Waals surface area contributed by atoms with Crippen molar-refractivity contribution in [3.05, 3.63) is 41.8 Å². The van der Waals surface area contributed by atoms with Crippen LogP contribution in [0.2, 0.25) is 0 Å². The number of hydrogen-bond acceptors (Lipinski definition) is 4. The van der Waals surface area contributed by atoms with E-state index in [1.165, 1.54) is 23.0 Å². The summed E-state index contributed by atoms with van der Waals surface area (Å²) in [5.74, 6) is -0.0950. The van der Waals surface area contributed by atoms with Crippen molar-refractivity contribution in [2.24, 2.45) is 5.92 Å². The van der Waals surface area contributed by atoms with Gasteiger partial charge in [0.15, 0.2) is 5.82 Å². The number of anilines is 1. The predicted octanol–water partition coefficient (Wildman–Crippen LogP) is 1.12. The Balaban J connectivity index is 1.40. The summed E-state index contributed by atoms with van der Waals surface area (Å²) >= 11 is 0. The summed E-state index contributed by atoms with van der Waals surface area (Å²) in [6.45, 7) is 0.472. The van der Waals surface area contributed by atoms with Crippen molar-refractivity contribution in [3.8, 4) is 0 Å². The molecule has 0 saturated heterocycles. The molecule has 0 radical (unpaired) electrons. The monoisotopic (exact) mass is 331 g/mol. The Morgan fingerprint density at radius 1 is 1.25 bits per heavy atom. The maximum Gasteiger partial charge on any atom is 0.241 e. The first-order valence-electron chi connectivity index (χ1n) is 7.82. The Kier molecular flexibility index (Phi) is 4.83. The highest BCUT2D eigenvalue weighted by Crippen LogP contribution is 2.29. The second kappa shape index (κ2) is 7.20. The van der Waals surface area contributed by atoms with E-state index in [9.17, 15) is 14.0 Å². The molecule has 0 spiro atoms. The summed E-state index contributed by atoms with van der Waals surface area (Å²) < 4.78 is 14.2. The summed E-state index contributed by atoms with van der Waals surface area (Å²) in [6, 6.07) is 6.16. The number of aromatic nitrogens is 3. The van der Waals surface area contributed by atoms with E-state index in [1.54, 1.807) is 12.1 Å². The van der Waals surface area contributed by atoms with Gasteiger partial charge in [-0.15, -0.1) is 5.10 Å². The van der Waals surface area contributed by atoms with Crippen LogP contribution in [0, 0.1) is 11.7 Å². The van der Waals surface area contributed by atoms with Gasteiger partial charge in [-0.05, 0) is 37.0 Å². The van der Waals surface area contributed by atoms with E-state index in [2.05, 4.69) is 20.9 Å². The summed E-state index contributed by atoms with van der Waals surface area (Å²) in [5.41, 5.74) is 0.947. The molecule has 0 bridgehead atoms. The number of benzene rings is 1. The zero-order valence-corrected chi connectivity index (χ0v) is 13.0. The Morgan fingerprint density at radius 3 is 2.71 bits per heavy atom. The van der Waals surface area contributed by atoms with Gasteiger partial charge in [0, 0.05) is 12.5 Å². The average Bonchev–Trinajstić information content (AvgIpc) is 3.32. The fraction of sp³-hybridized carbons (Fsp3) is 0.375. The minimum absolute atomic E-state index is 0.0235. The van der Waals surface area contributed by atoms with Crippen molar-refractivity contribution in [1.82, 2.24) is 20.3 Å². The quantitative estimate of drug-likeness (QED) is 0.796. The molecule has 1 aliphatic rings. The van der Waals surface area contributed by atoms with Crippen molar-refractivity contribution in [1.29, 1.82) is 0 Å². The van der Waals surface area contributed by atoms with Gasteiger partial charge in [0.25, 0.3) is 0 Å². The third kappa shape index (κ3) is 4.61. The highest BCUT2D eigenvalue weighted by molar-refractivity contribution is 5.93. The molecular formula is C16H18FN5O2. The van der Waals surface area contributed by atoms with E-state index in [0.717, 1.165) is 18.4 Å². The minimum atomic E-state index is -0.279. The van der Waals surface area contributed by atoms with Crippen LogP contribution in [0.4, 0.5) is 10.2 Å². The Hall–Kier alpha value is -2.77. The lowest BCUT2D eigenvalue weighted by Crippen LogP contribution is -2.29. The Morgan fingerprint density at radius 2 is 2.00 bits per heavy atom. The first-order chi connectivity index (χ1) is 11.6. The molecule has 7 nitrogen and oxygen atoms in total. The maximum atomic E-state index is 12.8. The SMILES string of the molecule is O=C(Cn1cc(NC(=O)C2CC2)nn1)NCCc1ccc(F)cc1. The highest BCUT2D eigenvalue weighted by Gasteiger charge is 2.30. The number of halogens is 1. The van der Waals surface area contributed by atoms with Gasteiger partial charge in [-0.2, -0.15) is 0 Å². The van der Waals surface area contributed by atoms with E-state index < -0.39 is 0 Å². The zero-order chi connectivity index (χ0) is 16.9. The molecule has 8 heteroatoms. The largest absolute Gasteiger partial charge is 0.354 e. The molecule has 1 aromatic carbocycles. The van der Waals surface area contributed by atoms with E-state index >= 15 is 0 Å². The van der Waals surface area contributed by atoms with Gasteiger partial charge in [-0.25, -0.2) is 9.07 Å². The van der Waals surface area contributed by atoms with Crippen LogP contribution in [-0.4, -0.2) is 33.4 Å². The zero-order valence-electron chi connectivity index (χ0n) is 13.0. The number of carbonyl (C=O) groups excluding carboxylic acids is 2. The van der Waals surface area contributed by atoms with Crippen molar-refractivity contribution in [2.45, 2.75) is 25.8 Å². The van der Waals surface area contributed by atoms with Crippen LogP contribution in [0.1, 0.15) is 18.4 Å². The molecule has 1 saturated carbocycles. The second-order valence-corrected chi connectivity index (χ2v) is 5.79. The van der Waals surface area contributed by atoms with Crippen LogP contribution < -0.4 is 10.6 Å². The van der Waals surface area contributed by atoms with Gasteiger partial charge in [-0.3, -0.25) is 9.59 Å². The van der Waals surface area contributed by atoms with Crippen LogP contribution in [0.25, 0.3) is 0 Å². The van der Waals surface area contributed by atoms with Gasteiger partial charge >= 0.3 is 0 Å². The summed E-state index contributed by atoms with van der Waals surface area (Å²) in [6.07, 6.45) is 3.97. The topological polar surface area (TPSA) is 88.9 Å². The molecule has 1 heterocycles. The molecule has 2 aromatic rings. The number of amides is 2. The lowest BCUT2D eigenvalue weighted by molar-refractivity contribution is -0.121. The van der Waals surface area contributed by atoms with Gasteiger partial charge in [0.1, 0.15) is 12.4 Å². The molecule has 24 heavy (non-hydrogen) atoms. The molecule has 2 amide bonds. The van der Waals surface area contributed by atoms with Crippen LogP contribution in [0.3, 0.4) is 0 Å². The molecular weight excluding hydrogens is 313 g/mol. The van der Waals surface area contributed by atoms with Crippen molar-refractivity contribution >= 4 is 17.6 Å². The molecule has 0 aliphatic heterocycles. The molecule has 2 N–H and O–H groups in total. The number of rotatable bonds is 7. The standard InChI is InChI=1S/C16H18FN5O2/c17-13-5-1-11(2-6-13)7-8-18-15(23)10-22-9-14(20-21-22)19-16(24)12-3-4-12/h1-2,5-6,9,12H,3-4,7-8,10H2,(H,18,23)(H,19,24). The van der Waals surface area contributed by atoms with Crippen LogP contribution in [0.15, 0.2) is 30.5 Å². The third-order valence-electron chi connectivity index (χ3n) is 3.69. The van der Waals surface area contributed by atoms with E-state index in [0.29, 0.717) is 18.8 Å². The summed E-state index contributed by atoms with van der Waals surface area (Å²) in [7, 11) is 0. The Labute approximate surface area is 138 Å². The number of carbonyl (C=O) groups is 2. The van der Waals surface area contributed by atoms with Crippen LogP contribution in [0.5, 0.6) is 0 Å². The van der Waals surface area contributed by atoms with Gasteiger partial charge in [-0.1, -0.05) is 17.3 Å². The summed E-state index contributed by atoms with van der Waals surface area (Å²) in [5, 5.41) is 13.1. The average molecular weight is 331 g/mol. The Bertz CT molecular complexity index is 724. The van der Waals surface area contributed by atoms with Crippen LogP contribution in [-0.2, 0) is 22.6 Å². The van der Waals surface area contributed by atoms with Crippen molar-refractivity contribution < 1.29 is 14.0 Å². The van der Waals surface area contributed by atoms with Crippen molar-refractivity contribution in [3.63, 3.8) is 0 Å². The fourth-order valence-corrected chi connectivity index (χ4v) is 2.21. The molecule has 1 aromatic heterocycles. The molecule has 126 valence electrons. The van der Waals surface area contributed by atoms with E-state index in [-0.39, 0.29) is 30.1 Å². The first-order valence-corrected chi connectivity index (χ1v) is 7.82. The second-order valence-electron chi connectivity index (χ2n) is 5.79. The lowest BCUT2D eigenvalue weighted by Gasteiger charge is -2.05. The van der Waals surface area contributed by atoms with Crippen LogP contribution >= 0.6 is 0 Å². The predicted molar refractivity (Wildman–Crippen MR) is 84.5 cm³/mol. The van der Waals surface area contributed by atoms with E-state index in [1.807, 2.05) is 0 Å². The first kappa shape index (κ1) is 16.1. The normalized spacial score (nSPS) is 13.5. The molecule has 1 fully saturated rings. The molecule has 3 rings (SSSR count). The number of nitrogens with one attached hydrogen (secondary N) is 2. The van der Waals surface area contributed by atoms with Gasteiger partial charge in [0.05, 0.1) is 6.20 Å². The summed E-state index contributed by atoms with van der Waals surface area (Å²) in [4.78, 5) is 23.5. The maximum absolute atomic E-state index is 12.8. The van der Waals surface area contributed by atoms with Crippen molar-refractivity contribution in [2.75, 3.05) is 11.9 Å². The minimum Gasteiger partial charge on any atom is -0.354 e. The fourth-order valence-electron chi connectivity index (χ4n) is 2.21. The molecule has 1 aliphatic carbocycles. The number of nitrogens with zero attached hydrogens (tertiary/aromatic N) is 3. The third-order valence-corrected chi connectivity index (χ3v) is 3.69. The van der Waals surface area contributed by atoms with Gasteiger partial charge in [0.2, 0.25) is 11.8 Å². The lowest BCUT2D eigenvalue weighted by atomic mass is 10.1. The molecule has 0 unspecified atom stereocenters.